The molecule has 1 aliphatic rings. The molecule has 16 heavy (non-hydrogen) atoms. The van der Waals surface area contributed by atoms with E-state index in [-0.39, 0.29) is 0 Å². The van der Waals surface area contributed by atoms with Crippen LogP contribution in [-0.2, 0) is 11.3 Å². The topological polar surface area (TPSA) is 49.8 Å². The van der Waals surface area contributed by atoms with Gasteiger partial charge in [0.1, 0.15) is 0 Å². The lowest BCUT2D eigenvalue weighted by molar-refractivity contribution is -0.0333. The van der Waals surface area contributed by atoms with Gasteiger partial charge in [-0.25, -0.2) is 4.79 Å². The number of ether oxygens (including phenoxy) is 1. The summed E-state index contributed by atoms with van der Waals surface area (Å²) in [5.74, 6) is -0.880. The third-order valence-corrected chi connectivity index (χ3v) is 2.86. The van der Waals surface area contributed by atoms with Crippen molar-refractivity contribution in [3.05, 3.63) is 35.4 Å². The molecule has 86 valence electrons. The maximum absolute atomic E-state index is 10.7. The van der Waals surface area contributed by atoms with Crippen molar-refractivity contribution in [1.29, 1.82) is 0 Å². The number of benzene rings is 1. The first-order valence-corrected chi connectivity index (χ1v) is 5.26. The number of carboxylic acids is 1. The lowest BCUT2D eigenvalue weighted by atomic mass is 10.1. The van der Waals surface area contributed by atoms with E-state index in [1.54, 1.807) is 19.2 Å². The van der Waals surface area contributed by atoms with E-state index in [1.807, 2.05) is 12.1 Å². The summed E-state index contributed by atoms with van der Waals surface area (Å²) in [6.45, 7) is 2.77. The van der Waals surface area contributed by atoms with Crippen LogP contribution in [0.2, 0.25) is 0 Å². The predicted molar refractivity (Wildman–Crippen MR) is 59.5 cm³/mol. The van der Waals surface area contributed by atoms with Gasteiger partial charge in [-0.05, 0) is 17.7 Å². The van der Waals surface area contributed by atoms with Gasteiger partial charge in [-0.3, -0.25) is 4.90 Å². The Morgan fingerprint density at radius 1 is 1.44 bits per heavy atom. The quantitative estimate of drug-likeness (QED) is 0.830. The van der Waals surface area contributed by atoms with Gasteiger partial charge in [0.25, 0.3) is 0 Å². The van der Waals surface area contributed by atoms with Gasteiger partial charge in [-0.15, -0.1) is 0 Å². The van der Waals surface area contributed by atoms with E-state index in [0.29, 0.717) is 11.7 Å². The van der Waals surface area contributed by atoms with Crippen molar-refractivity contribution in [3.8, 4) is 0 Å². The zero-order valence-electron chi connectivity index (χ0n) is 9.22. The van der Waals surface area contributed by atoms with E-state index in [0.717, 1.165) is 25.2 Å². The van der Waals surface area contributed by atoms with Crippen LogP contribution in [0.15, 0.2) is 24.3 Å². The molecule has 4 nitrogen and oxygen atoms in total. The molecule has 0 aromatic heterocycles. The van der Waals surface area contributed by atoms with Crippen LogP contribution in [0.4, 0.5) is 0 Å². The highest BCUT2D eigenvalue weighted by Gasteiger charge is 2.25. The van der Waals surface area contributed by atoms with Crippen molar-refractivity contribution in [3.63, 3.8) is 0 Å². The highest BCUT2D eigenvalue weighted by atomic mass is 16.5. The SMILES string of the molecule is COC1CN(Cc2ccc(C(=O)O)cc2)C1. The Labute approximate surface area is 94.4 Å². The molecule has 1 saturated heterocycles. The molecular weight excluding hydrogens is 206 g/mol. The summed E-state index contributed by atoms with van der Waals surface area (Å²) in [6, 6.07) is 7.02. The van der Waals surface area contributed by atoms with Crippen molar-refractivity contribution in [1.82, 2.24) is 4.90 Å². The summed E-state index contributed by atoms with van der Waals surface area (Å²) in [7, 11) is 1.73. The maximum Gasteiger partial charge on any atom is 0.335 e. The fourth-order valence-electron chi connectivity index (χ4n) is 1.81. The van der Waals surface area contributed by atoms with Gasteiger partial charge in [0.2, 0.25) is 0 Å². The number of nitrogens with zero attached hydrogens (tertiary/aromatic N) is 1. The Hall–Kier alpha value is -1.39. The van der Waals surface area contributed by atoms with Crippen molar-refractivity contribution >= 4 is 5.97 Å². The standard InChI is InChI=1S/C12H15NO3/c1-16-11-7-13(8-11)6-9-2-4-10(5-3-9)12(14)15/h2-5,11H,6-8H2,1H3,(H,14,15). The molecule has 4 heteroatoms. The van der Waals surface area contributed by atoms with Crippen molar-refractivity contribution in [2.75, 3.05) is 20.2 Å². The highest BCUT2D eigenvalue weighted by molar-refractivity contribution is 5.87. The Morgan fingerprint density at radius 2 is 2.06 bits per heavy atom. The fourth-order valence-corrected chi connectivity index (χ4v) is 1.81. The second-order valence-corrected chi connectivity index (χ2v) is 4.05. The van der Waals surface area contributed by atoms with E-state index in [4.69, 9.17) is 9.84 Å². The number of hydrogen-bond donors (Lipinski definition) is 1. The highest BCUT2D eigenvalue weighted by Crippen LogP contribution is 2.15. The van der Waals surface area contributed by atoms with Crippen LogP contribution in [0.3, 0.4) is 0 Å². The normalized spacial score (nSPS) is 17.1. The molecule has 1 fully saturated rings. The van der Waals surface area contributed by atoms with Crippen LogP contribution in [-0.4, -0.2) is 42.3 Å². The molecule has 0 bridgehead atoms. The van der Waals surface area contributed by atoms with Crippen LogP contribution in [0.5, 0.6) is 0 Å². The van der Waals surface area contributed by atoms with Crippen LogP contribution in [0.1, 0.15) is 15.9 Å². The van der Waals surface area contributed by atoms with Crippen LogP contribution in [0, 0.1) is 0 Å². The Balaban J connectivity index is 1.89. The number of carbonyl (C=O) groups is 1. The zero-order chi connectivity index (χ0) is 11.5. The van der Waals surface area contributed by atoms with E-state index in [9.17, 15) is 4.79 Å². The number of aromatic carboxylic acids is 1. The molecule has 0 atom stereocenters. The van der Waals surface area contributed by atoms with Gasteiger partial charge in [0.15, 0.2) is 0 Å². The second-order valence-electron chi connectivity index (χ2n) is 4.05. The van der Waals surface area contributed by atoms with E-state index < -0.39 is 5.97 Å². The van der Waals surface area contributed by atoms with Crippen LogP contribution in [0.25, 0.3) is 0 Å². The minimum Gasteiger partial charge on any atom is -0.478 e. The average molecular weight is 221 g/mol. The largest absolute Gasteiger partial charge is 0.478 e. The molecule has 1 heterocycles. The average Bonchev–Trinajstić information content (AvgIpc) is 2.23. The van der Waals surface area contributed by atoms with Gasteiger partial charge < -0.3 is 9.84 Å². The monoisotopic (exact) mass is 221 g/mol. The van der Waals surface area contributed by atoms with Crippen LogP contribution < -0.4 is 0 Å². The van der Waals surface area contributed by atoms with Crippen LogP contribution >= 0.6 is 0 Å². The van der Waals surface area contributed by atoms with Gasteiger partial charge in [-0.2, -0.15) is 0 Å². The molecule has 1 aromatic rings. The summed E-state index contributed by atoms with van der Waals surface area (Å²) < 4.78 is 5.19. The molecule has 1 aromatic carbocycles. The van der Waals surface area contributed by atoms with Gasteiger partial charge in [0, 0.05) is 26.7 Å². The smallest absolute Gasteiger partial charge is 0.335 e. The van der Waals surface area contributed by atoms with E-state index in [2.05, 4.69) is 4.90 Å². The lowest BCUT2D eigenvalue weighted by Gasteiger charge is -2.38. The summed E-state index contributed by atoms with van der Waals surface area (Å²) in [5, 5.41) is 8.75. The van der Waals surface area contributed by atoms with Gasteiger partial charge in [-0.1, -0.05) is 12.1 Å². The number of carboxylic acid groups (broad SMARTS) is 1. The Morgan fingerprint density at radius 3 is 2.56 bits per heavy atom. The molecular formula is C12H15NO3. The van der Waals surface area contributed by atoms with E-state index >= 15 is 0 Å². The van der Waals surface area contributed by atoms with Crippen molar-refractivity contribution < 1.29 is 14.6 Å². The molecule has 0 amide bonds. The third kappa shape index (κ3) is 2.40. The second kappa shape index (κ2) is 4.63. The molecule has 1 aliphatic heterocycles. The molecule has 0 unspecified atom stereocenters. The lowest BCUT2D eigenvalue weighted by Crippen LogP contribution is -2.50. The summed E-state index contributed by atoms with van der Waals surface area (Å²) in [6.07, 6.45) is 0.360. The summed E-state index contributed by atoms with van der Waals surface area (Å²) in [5.41, 5.74) is 1.47. The number of methoxy groups -OCH3 is 1. The molecule has 1 N–H and O–H groups in total. The van der Waals surface area contributed by atoms with Gasteiger partial charge >= 0.3 is 5.97 Å². The Bertz CT molecular complexity index is 368. The first kappa shape index (κ1) is 11.1. The molecule has 0 radical (unpaired) electrons. The van der Waals surface area contributed by atoms with Gasteiger partial charge in [0.05, 0.1) is 11.7 Å². The maximum atomic E-state index is 10.7. The minimum atomic E-state index is -0.880. The third-order valence-electron chi connectivity index (χ3n) is 2.86. The predicted octanol–water partition coefficient (Wildman–Crippen LogP) is 1.22. The first-order chi connectivity index (χ1) is 7.69. The minimum absolute atomic E-state index is 0.335. The van der Waals surface area contributed by atoms with Crippen molar-refractivity contribution in [2.45, 2.75) is 12.6 Å². The molecule has 0 aliphatic carbocycles. The molecule has 0 saturated carbocycles. The number of rotatable bonds is 4. The summed E-state index contributed by atoms with van der Waals surface area (Å²) in [4.78, 5) is 12.9. The Kier molecular flexibility index (Phi) is 3.22. The molecule has 0 spiro atoms. The molecule has 2 rings (SSSR count). The summed E-state index contributed by atoms with van der Waals surface area (Å²) >= 11 is 0. The van der Waals surface area contributed by atoms with E-state index in [1.165, 1.54) is 0 Å². The first-order valence-electron chi connectivity index (χ1n) is 5.26. The zero-order valence-corrected chi connectivity index (χ0v) is 9.22. The number of likely N-dealkylation sites (tertiary alicyclic amines) is 1. The van der Waals surface area contributed by atoms with Crippen molar-refractivity contribution in [2.24, 2.45) is 0 Å². The fraction of sp³-hybridized carbons (Fsp3) is 0.417. The number of hydrogen-bond acceptors (Lipinski definition) is 3.